The Morgan fingerprint density at radius 3 is 2.26 bits per heavy atom. The highest BCUT2D eigenvalue weighted by Gasteiger charge is 2.23. The molecule has 0 heterocycles. The zero-order chi connectivity index (χ0) is 14.0. The van der Waals surface area contributed by atoms with Crippen molar-refractivity contribution in [2.24, 2.45) is 11.8 Å². The summed E-state index contributed by atoms with van der Waals surface area (Å²) in [6.45, 7) is 6.93. The van der Waals surface area contributed by atoms with Crippen molar-refractivity contribution in [3.63, 3.8) is 0 Å². The molecule has 2 rings (SSSR count). The summed E-state index contributed by atoms with van der Waals surface area (Å²) in [5.41, 5.74) is 3.91. The minimum absolute atomic E-state index is 0.636. The maximum absolute atomic E-state index is 3.74. The van der Waals surface area contributed by atoms with Crippen molar-refractivity contribution < 1.29 is 0 Å². The summed E-state index contributed by atoms with van der Waals surface area (Å²) >= 11 is 0. The van der Waals surface area contributed by atoms with Crippen molar-refractivity contribution in [1.82, 2.24) is 0 Å². The fraction of sp³-hybridized carbons (Fsp3) is 0.647. The molecule has 1 aromatic rings. The molecule has 0 spiro atoms. The largest absolute Gasteiger partial charge is 0.382 e. The molecular formula is C17H28N2. The summed E-state index contributed by atoms with van der Waals surface area (Å²) in [5, 5.41) is 3.74. The third-order valence-corrected chi connectivity index (χ3v) is 4.24. The van der Waals surface area contributed by atoms with Crippen molar-refractivity contribution >= 4 is 11.4 Å². The number of nitrogens with zero attached hydrogens (tertiary/aromatic N) is 1. The number of anilines is 2. The highest BCUT2D eigenvalue weighted by atomic mass is 15.1. The van der Waals surface area contributed by atoms with Crippen molar-refractivity contribution in [2.45, 2.75) is 46.1 Å². The van der Waals surface area contributed by atoms with Crippen LogP contribution in [0.3, 0.4) is 0 Å². The van der Waals surface area contributed by atoms with E-state index in [1.807, 2.05) is 0 Å². The second-order valence-corrected chi connectivity index (χ2v) is 6.65. The lowest BCUT2D eigenvalue weighted by atomic mass is 9.80. The van der Waals surface area contributed by atoms with E-state index in [0.29, 0.717) is 6.04 Å². The van der Waals surface area contributed by atoms with Gasteiger partial charge in [0.1, 0.15) is 0 Å². The maximum atomic E-state index is 3.74. The van der Waals surface area contributed by atoms with Gasteiger partial charge in [-0.1, -0.05) is 19.9 Å². The van der Waals surface area contributed by atoms with Crippen molar-refractivity contribution in [2.75, 3.05) is 24.3 Å². The predicted octanol–water partition coefficient (Wildman–Crippen LogP) is 4.30. The SMILES string of the molecule is Cc1ccc(NC2CC(C)CC(C)C2)cc1N(C)C. The normalized spacial score (nSPS) is 27.1. The first kappa shape index (κ1) is 14.2. The van der Waals surface area contributed by atoms with Crippen molar-refractivity contribution in [3.8, 4) is 0 Å². The zero-order valence-electron chi connectivity index (χ0n) is 13.0. The fourth-order valence-corrected chi connectivity index (χ4v) is 3.48. The molecule has 1 aliphatic rings. The van der Waals surface area contributed by atoms with E-state index >= 15 is 0 Å². The van der Waals surface area contributed by atoms with Gasteiger partial charge in [0.25, 0.3) is 0 Å². The average molecular weight is 260 g/mol. The van der Waals surface area contributed by atoms with Crippen LogP contribution in [0.5, 0.6) is 0 Å². The molecule has 1 fully saturated rings. The van der Waals surface area contributed by atoms with E-state index in [1.54, 1.807) is 0 Å². The second-order valence-electron chi connectivity index (χ2n) is 6.65. The summed E-state index contributed by atoms with van der Waals surface area (Å²) in [6.07, 6.45) is 3.99. The highest BCUT2D eigenvalue weighted by Crippen LogP contribution is 2.31. The van der Waals surface area contributed by atoms with Gasteiger partial charge in [0.05, 0.1) is 0 Å². The summed E-state index contributed by atoms with van der Waals surface area (Å²) in [7, 11) is 4.22. The van der Waals surface area contributed by atoms with Crippen LogP contribution >= 0.6 is 0 Å². The molecule has 1 aliphatic carbocycles. The van der Waals surface area contributed by atoms with Gasteiger partial charge in [0.15, 0.2) is 0 Å². The van der Waals surface area contributed by atoms with Crippen LogP contribution in [-0.2, 0) is 0 Å². The van der Waals surface area contributed by atoms with Crippen LogP contribution in [0, 0.1) is 18.8 Å². The van der Waals surface area contributed by atoms with Crippen LogP contribution in [0.1, 0.15) is 38.7 Å². The molecule has 106 valence electrons. The van der Waals surface area contributed by atoms with Gasteiger partial charge in [0, 0.05) is 31.5 Å². The van der Waals surface area contributed by atoms with Gasteiger partial charge < -0.3 is 10.2 Å². The summed E-state index contributed by atoms with van der Waals surface area (Å²) in [6, 6.07) is 7.34. The minimum Gasteiger partial charge on any atom is -0.382 e. The fourth-order valence-electron chi connectivity index (χ4n) is 3.48. The molecule has 2 unspecified atom stereocenters. The Kier molecular flexibility index (Phi) is 4.38. The Morgan fingerprint density at radius 1 is 1.05 bits per heavy atom. The number of rotatable bonds is 3. The van der Waals surface area contributed by atoms with E-state index in [-0.39, 0.29) is 0 Å². The molecular weight excluding hydrogens is 232 g/mol. The van der Waals surface area contributed by atoms with Gasteiger partial charge in [-0.05, 0) is 55.7 Å². The molecule has 1 N–H and O–H groups in total. The third kappa shape index (κ3) is 3.65. The Labute approximate surface area is 118 Å². The van der Waals surface area contributed by atoms with E-state index in [2.05, 4.69) is 63.3 Å². The number of nitrogens with one attached hydrogen (secondary N) is 1. The van der Waals surface area contributed by atoms with Crippen LogP contribution in [0.4, 0.5) is 11.4 Å². The molecule has 0 amide bonds. The lowest BCUT2D eigenvalue weighted by Crippen LogP contribution is -2.30. The summed E-state index contributed by atoms with van der Waals surface area (Å²) in [4.78, 5) is 2.19. The Morgan fingerprint density at radius 2 is 1.68 bits per heavy atom. The second kappa shape index (κ2) is 5.85. The van der Waals surface area contributed by atoms with Crippen LogP contribution in [-0.4, -0.2) is 20.1 Å². The van der Waals surface area contributed by atoms with E-state index in [4.69, 9.17) is 0 Å². The van der Waals surface area contributed by atoms with Gasteiger partial charge in [-0.2, -0.15) is 0 Å². The first-order chi connectivity index (χ1) is 8.95. The molecule has 1 saturated carbocycles. The topological polar surface area (TPSA) is 15.3 Å². The lowest BCUT2D eigenvalue weighted by Gasteiger charge is -2.33. The molecule has 0 aliphatic heterocycles. The zero-order valence-corrected chi connectivity index (χ0v) is 13.0. The van der Waals surface area contributed by atoms with Crippen LogP contribution in [0.25, 0.3) is 0 Å². The Hall–Kier alpha value is -1.18. The number of benzene rings is 1. The monoisotopic (exact) mass is 260 g/mol. The van der Waals surface area contributed by atoms with Gasteiger partial charge in [-0.25, -0.2) is 0 Å². The van der Waals surface area contributed by atoms with Crippen molar-refractivity contribution in [1.29, 1.82) is 0 Å². The third-order valence-electron chi connectivity index (χ3n) is 4.24. The average Bonchev–Trinajstić information content (AvgIpc) is 2.30. The first-order valence-corrected chi connectivity index (χ1v) is 7.50. The van der Waals surface area contributed by atoms with Gasteiger partial charge >= 0.3 is 0 Å². The van der Waals surface area contributed by atoms with Crippen LogP contribution in [0.15, 0.2) is 18.2 Å². The predicted molar refractivity (Wildman–Crippen MR) is 85.1 cm³/mol. The molecule has 0 aromatic heterocycles. The quantitative estimate of drug-likeness (QED) is 0.871. The smallest absolute Gasteiger partial charge is 0.0411 e. The first-order valence-electron chi connectivity index (χ1n) is 7.50. The van der Waals surface area contributed by atoms with Gasteiger partial charge in [-0.3, -0.25) is 0 Å². The maximum Gasteiger partial charge on any atom is 0.0411 e. The molecule has 2 heteroatoms. The molecule has 0 radical (unpaired) electrons. The van der Waals surface area contributed by atoms with Gasteiger partial charge in [0.2, 0.25) is 0 Å². The standard InChI is InChI=1S/C17H28N2/c1-12-8-13(2)10-16(9-12)18-15-7-6-14(3)17(11-15)19(4)5/h6-7,11-13,16,18H,8-10H2,1-5H3. The number of hydrogen-bond donors (Lipinski definition) is 1. The Bertz CT molecular complexity index is 415. The minimum atomic E-state index is 0.636. The molecule has 0 bridgehead atoms. The number of aryl methyl sites for hydroxylation is 1. The lowest BCUT2D eigenvalue weighted by molar-refractivity contribution is 0.281. The number of hydrogen-bond acceptors (Lipinski definition) is 2. The van der Waals surface area contributed by atoms with Crippen molar-refractivity contribution in [3.05, 3.63) is 23.8 Å². The van der Waals surface area contributed by atoms with Gasteiger partial charge in [-0.15, -0.1) is 0 Å². The van der Waals surface area contributed by atoms with E-state index in [1.165, 1.54) is 36.2 Å². The highest BCUT2D eigenvalue weighted by molar-refractivity contribution is 5.62. The molecule has 1 aromatic carbocycles. The molecule has 19 heavy (non-hydrogen) atoms. The van der Waals surface area contributed by atoms with E-state index in [0.717, 1.165) is 11.8 Å². The van der Waals surface area contributed by atoms with Crippen LogP contribution in [0.2, 0.25) is 0 Å². The van der Waals surface area contributed by atoms with E-state index in [9.17, 15) is 0 Å². The molecule has 0 saturated heterocycles. The summed E-state index contributed by atoms with van der Waals surface area (Å²) in [5.74, 6) is 1.69. The molecule has 2 atom stereocenters. The Balaban J connectivity index is 2.08. The van der Waals surface area contributed by atoms with E-state index < -0.39 is 0 Å². The molecule has 2 nitrogen and oxygen atoms in total. The summed E-state index contributed by atoms with van der Waals surface area (Å²) < 4.78 is 0. The van der Waals surface area contributed by atoms with Crippen LogP contribution < -0.4 is 10.2 Å².